The number of sulfonamides is 1. The van der Waals surface area contributed by atoms with Gasteiger partial charge in [0, 0.05) is 10.5 Å². The summed E-state index contributed by atoms with van der Waals surface area (Å²) in [6.07, 6.45) is 1.15. The Labute approximate surface area is 92.7 Å². The number of hydrogen-bond donors (Lipinski definition) is 1. The van der Waals surface area contributed by atoms with E-state index < -0.39 is 10.0 Å². The van der Waals surface area contributed by atoms with Crippen LogP contribution in [0.2, 0.25) is 0 Å². The van der Waals surface area contributed by atoms with Crippen LogP contribution in [0.4, 0.5) is 0 Å². The Morgan fingerprint density at radius 2 is 2.07 bits per heavy atom. The third kappa shape index (κ3) is 3.77. The summed E-state index contributed by atoms with van der Waals surface area (Å²) < 4.78 is 25.4. The summed E-state index contributed by atoms with van der Waals surface area (Å²) in [5, 5.41) is 0. The van der Waals surface area contributed by atoms with Crippen LogP contribution in [0.3, 0.4) is 0 Å². The van der Waals surface area contributed by atoms with Crippen LogP contribution in [0.5, 0.6) is 0 Å². The van der Waals surface area contributed by atoms with E-state index in [2.05, 4.69) is 20.7 Å². The van der Waals surface area contributed by atoms with Gasteiger partial charge < -0.3 is 0 Å². The van der Waals surface area contributed by atoms with Crippen molar-refractivity contribution in [3.63, 3.8) is 0 Å². The highest BCUT2D eigenvalue weighted by Crippen LogP contribution is 2.18. The molecule has 1 aromatic carbocycles. The topological polar surface area (TPSA) is 46.2 Å². The van der Waals surface area contributed by atoms with E-state index in [0.717, 1.165) is 16.3 Å². The molecule has 3 nitrogen and oxygen atoms in total. The minimum absolute atomic E-state index is 0.206. The van der Waals surface area contributed by atoms with Gasteiger partial charge in [0.05, 0.1) is 6.26 Å². The minimum atomic E-state index is -3.15. The Kier molecular flexibility index (Phi) is 3.69. The number of halogens is 1. The normalized spacial score (nSPS) is 13.9. The Morgan fingerprint density at radius 3 is 2.57 bits per heavy atom. The maximum Gasteiger partial charge on any atom is 0.209 e. The Bertz CT molecular complexity index is 417. The van der Waals surface area contributed by atoms with Crippen molar-refractivity contribution in [3.8, 4) is 0 Å². The number of nitrogens with one attached hydrogen (secondary N) is 1. The first-order valence-electron chi connectivity index (χ1n) is 4.11. The summed E-state index contributed by atoms with van der Waals surface area (Å²) in [5.41, 5.74) is 0.935. The van der Waals surface area contributed by atoms with Crippen LogP contribution in [-0.2, 0) is 10.0 Å². The maximum atomic E-state index is 11.0. The maximum absolute atomic E-state index is 11.0. The molecule has 5 heteroatoms. The molecule has 0 bridgehead atoms. The molecule has 0 saturated heterocycles. The van der Waals surface area contributed by atoms with Crippen LogP contribution >= 0.6 is 15.9 Å². The zero-order chi connectivity index (χ0) is 10.8. The lowest BCUT2D eigenvalue weighted by molar-refractivity contribution is 0.573. The van der Waals surface area contributed by atoms with Gasteiger partial charge in [-0.3, -0.25) is 0 Å². The van der Waals surface area contributed by atoms with Crippen LogP contribution in [-0.4, -0.2) is 14.7 Å². The van der Waals surface area contributed by atoms with E-state index in [1.165, 1.54) is 0 Å². The van der Waals surface area contributed by atoms with Crippen LogP contribution in [0, 0.1) is 0 Å². The molecule has 0 spiro atoms. The quantitative estimate of drug-likeness (QED) is 0.919. The number of hydrogen-bond acceptors (Lipinski definition) is 2. The molecule has 0 heterocycles. The van der Waals surface area contributed by atoms with E-state index in [-0.39, 0.29) is 6.04 Å². The van der Waals surface area contributed by atoms with E-state index >= 15 is 0 Å². The highest BCUT2D eigenvalue weighted by molar-refractivity contribution is 9.10. The summed E-state index contributed by atoms with van der Waals surface area (Å²) in [7, 11) is -3.15. The predicted octanol–water partition coefficient (Wildman–Crippen LogP) is 2.06. The average molecular weight is 278 g/mol. The first-order valence-corrected chi connectivity index (χ1v) is 6.80. The lowest BCUT2D eigenvalue weighted by Crippen LogP contribution is -2.25. The zero-order valence-corrected chi connectivity index (χ0v) is 10.4. The van der Waals surface area contributed by atoms with Gasteiger partial charge >= 0.3 is 0 Å². The second-order valence-electron chi connectivity index (χ2n) is 3.17. The van der Waals surface area contributed by atoms with Crippen LogP contribution in [0.1, 0.15) is 18.5 Å². The van der Waals surface area contributed by atoms with Crippen molar-refractivity contribution in [2.45, 2.75) is 13.0 Å². The van der Waals surface area contributed by atoms with Gasteiger partial charge in [0.15, 0.2) is 0 Å². The van der Waals surface area contributed by atoms with Crippen molar-refractivity contribution >= 4 is 26.0 Å². The van der Waals surface area contributed by atoms with Crippen LogP contribution in [0.25, 0.3) is 0 Å². The average Bonchev–Trinajstić information content (AvgIpc) is 2.01. The van der Waals surface area contributed by atoms with Gasteiger partial charge in [0.1, 0.15) is 0 Å². The molecule has 0 aliphatic heterocycles. The molecular formula is C9H12BrNO2S. The van der Waals surface area contributed by atoms with Crippen molar-refractivity contribution in [1.82, 2.24) is 4.72 Å². The largest absolute Gasteiger partial charge is 0.213 e. The highest BCUT2D eigenvalue weighted by Gasteiger charge is 2.10. The van der Waals surface area contributed by atoms with Crippen LogP contribution in [0.15, 0.2) is 28.7 Å². The van der Waals surface area contributed by atoms with Gasteiger partial charge in [-0.2, -0.15) is 0 Å². The molecule has 0 unspecified atom stereocenters. The van der Waals surface area contributed by atoms with Gasteiger partial charge in [-0.05, 0) is 24.6 Å². The Balaban J connectivity index is 2.85. The third-order valence-electron chi connectivity index (χ3n) is 1.74. The summed E-state index contributed by atoms with van der Waals surface area (Å²) in [5.74, 6) is 0. The molecule has 14 heavy (non-hydrogen) atoms. The molecule has 1 N–H and O–H groups in total. The number of benzene rings is 1. The summed E-state index contributed by atoms with van der Waals surface area (Å²) in [6.45, 7) is 1.81. The SMILES string of the molecule is C[C@H](NS(C)(=O)=O)c1cccc(Br)c1. The van der Waals surface area contributed by atoms with E-state index in [9.17, 15) is 8.42 Å². The fourth-order valence-corrected chi connectivity index (χ4v) is 2.36. The molecule has 0 saturated carbocycles. The molecule has 1 rings (SSSR count). The van der Waals surface area contributed by atoms with Crippen LogP contribution < -0.4 is 4.72 Å². The standard InChI is InChI=1S/C9H12BrNO2S/c1-7(11-14(2,12)13)8-4-3-5-9(10)6-8/h3-7,11H,1-2H3/t7-/m0/s1. The highest BCUT2D eigenvalue weighted by atomic mass is 79.9. The first kappa shape index (κ1) is 11.7. The molecule has 0 amide bonds. The van der Waals surface area contributed by atoms with Gasteiger partial charge in [-0.25, -0.2) is 13.1 Å². The van der Waals surface area contributed by atoms with Crippen molar-refractivity contribution < 1.29 is 8.42 Å². The van der Waals surface area contributed by atoms with E-state index in [0.29, 0.717) is 0 Å². The lowest BCUT2D eigenvalue weighted by Gasteiger charge is -2.12. The molecule has 78 valence electrons. The van der Waals surface area contributed by atoms with Crippen molar-refractivity contribution in [2.24, 2.45) is 0 Å². The summed E-state index contributed by atoms with van der Waals surface area (Å²) >= 11 is 3.33. The van der Waals surface area contributed by atoms with E-state index in [4.69, 9.17) is 0 Å². The van der Waals surface area contributed by atoms with Gasteiger partial charge in [0.25, 0.3) is 0 Å². The minimum Gasteiger partial charge on any atom is -0.213 e. The smallest absolute Gasteiger partial charge is 0.209 e. The zero-order valence-electron chi connectivity index (χ0n) is 7.99. The molecule has 0 radical (unpaired) electrons. The molecule has 0 aliphatic rings. The molecule has 0 aromatic heterocycles. The summed E-state index contributed by atoms with van der Waals surface area (Å²) in [4.78, 5) is 0. The monoisotopic (exact) mass is 277 g/mol. The Hall–Kier alpha value is -0.390. The second-order valence-corrected chi connectivity index (χ2v) is 5.86. The molecule has 1 atom stereocenters. The van der Waals surface area contributed by atoms with Gasteiger partial charge in [-0.1, -0.05) is 28.1 Å². The summed E-state index contributed by atoms with van der Waals surface area (Å²) in [6, 6.07) is 7.34. The van der Waals surface area contributed by atoms with Gasteiger partial charge in [0.2, 0.25) is 10.0 Å². The predicted molar refractivity (Wildman–Crippen MR) is 60.5 cm³/mol. The lowest BCUT2D eigenvalue weighted by atomic mass is 10.1. The first-order chi connectivity index (χ1) is 6.38. The fraction of sp³-hybridized carbons (Fsp3) is 0.333. The molecule has 0 aliphatic carbocycles. The fourth-order valence-electron chi connectivity index (χ4n) is 1.17. The second kappa shape index (κ2) is 4.42. The molecule has 0 fully saturated rings. The molecule has 1 aromatic rings. The van der Waals surface area contributed by atoms with Crippen molar-refractivity contribution in [1.29, 1.82) is 0 Å². The molecular weight excluding hydrogens is 266 g/mol. The van der Waals surface area contributed by atoms with Crippen molar-refractivity contribution in [2.75, 3.05) is 6.26 Å². The van der Waals surface area contributed by atoms with E-state index in [1.807, 2.05) is 31.2 Å². The Morgan fingerprint density at radius 1 is 1.43 bits per heavy atom. The van der Waals surface area contributed by atoms with Gasteiger partial charge in [-0.15, -0.1) is 0 Å². The van der Waals surface area contributed by atoms with Crippen molar-refractivity contribution in [3.05, 3.63) is 34.3 Å². The van der Waals surface area contributed by atoms with E-state index in [1.54, 1.807) is 0 Å². The number of rotatable bonds is 3. The third-order valence-corrected chi connectivity index (χ3v) is 3.01.